The molecule has 1 atom stereocenters. The molecule has 4 N–H and O–H groups in total. The Balaban J connectivity index is 1.94. The predicted molar refractivity (Wildman–Crippen MR) is 168 cm³/mol. The number of aliphatic hydroxyl groups is 2. The van der Waals surface area contributed by atoms with Crippen molar-refractivity contribution in [1.29, 1.82) is 5.26 Å². The molecule has 1 heterocycles. The van der Waals surface area contributed by atoms with E-state index in [1.54, 1.807) is 12.1 Å². The quantitative estimate of drug-likeness (QED) is 0.216. The molecular formula is C32H35N5O4S. The number of para-hydroxylation sites is 1. The smallest absolute Gasteiger partial charge is 0.192 e. The summed E-state index contributed by atoms with van der Waals surface area (Å²) in [7, 11) is 0. The largest absolute Gasteiger partial charge is 0.472 e. The topological polar surface area (TPSA) is 135 Å². The number of ether oxygens (including phenoxy) is 1. The van der Waals surface area contributed by atoms with Gasteiger partial charge in [-0.15, -0.1) is 4.91 Å². The summed E-state index contributed by atoms with van der Waals surface area (Å²) >= 11 is 1.40. The van der Waals surface area contributed by atoms with Crippen LogP contribution in [-0.4, -0.2) is 54.5 Å². The summed E-state index contributed by atoms with van der Waals surface area (Å²) in [6.45, 7) is 8.18. The second-order valence-electron chi connectivity index (χ2n) is 9.63. The molecule has 9 nitrogen and oxygen atoms in total. The highest BCUT2D eigenvalue weighted by atomic mass is 32.2. The molecule has 1 aliphatic rings. The van der Waals surface area contributed by atoms with Crippen LogP contribution in [0.4, 0.5) is 11.4 Å². The number of nitroso groups, excluding NO2 is 1. The second-order valence-corrected chi connectivity index (χ2v) is 10.7. The van der Waals surface area contributed by atoms with Crippen molar-refractivity contribution in [3.05, 3.63) is 111 Å². The first kappa shape index (κ1) is 30.7. The molecule has 4 rings (SSSR count). The highest BCUT2D eigenvalue weighted by Gasteiger charge is 2.47. The summed E-state index contributed by atoms with van der Waals surface area (Å²) in [6.07, 6.45) is 0.353. The van der Waals surface area contributed by atoms with E-state index in [9.17, 15) is 20.4 Å². The van der Waals surface area contributed by atoms with E-state index in [0.717, 1.165) is 27.4 Å². The molecular weight excluding hydrogens is 550 g/mol. The van der Waals surface area contributed by atoms with E-state index in [1.807, 2.05) is 77.4 Å². The van der Waals surface area contributed by atoms with Crippen LogP contribution in [0.1, 0.15) is 30.0 Å². The monoisotopic (exact) mass is 585 g/mol. The average molecular weight is 586 g/mol. The first-order valence-electron chi connectivity index (χ1n) is 13.7. The van der Waals surface area contributed by atoms with Crippen molar-refractivity contribution in [1.82, 2.24) is 4.90 Å². The Morgan fingerprint density at radius 3 is 2.21 bits per heavy atom. The third-order valence-corrected chi connectivity index (χ3v) is 8.42. The van der Waals surface area contributed by atoms with Crippen molar-refractivity contribution in [2.24, 2.45) is 10.9 Å². The Morgan fingerprint density at radius 2 is 1.64 bits per heavy atom. The Bertz CT molecular complexity index is 1460. The van der Waals surface area contributed by atoms with Crippen LogP contribution in [0.15, 0.2) is 94.5 Å². The molecule has 1 unspecified atom stereocenters. The van der Waals surface area contributed by atoms with Crippen LogP contribution >= 0.6 is 11.8 Å². The average Bonchev–Trinajstić information content (AvgIpc) is 3.03. The van der Waals surface area contributed by atoms with E-state index in [-0.39, 0.29) is 18.9 Å². The lowest BCUT2D eigenvalue weighted by molar-refractivity contribution is 0.155. The first-order valence-corrected chi connectivity index (χ1v) is 14.5. The summed E-state index contributed by atoms with van der Waals surface area (Å²) < 4.78 is 6.97. The standard InChI is InChI=1S/C32H35N5O4S/c1-3-36(18-6-17-33)23(2)42-31-30(34)28-7-4-5-8-29(28)41-32(31,24-9-13-26(35-40)14-10-24)25-11-15-27(16-12-25)37(19-21-38)20-22-39/h4-5,7-16,38-39H,2-3,6,18-22,34H2,1H3. The Hall–Kier alpha value is -4.30. The minimum atomic E-state index is -1.22. The number of anilines is 1. The molecule has 42 heavy (non-hydrogen) atoms. The van der Waals surface area contributed by atoms with Gasteiger partial charge in [0.15, 0.2) is 5.60 Å². The van der Waals surface area contributed by atoms with Gasteiger partial charge in [-0.25, -0.2) is 0 Å². The Kier molecular flexibility index (Phi) is 10.3. The number of nitriles is 1. The van der Waals surface area contributed by atoms with Crippen LogP contribution < -0.4 is 15.4 Å². The minimum Gasteiger partial charge on any atom is -0.472 e. The third kappa shape index (κ3) is 6.14. The van der Waals surface area contributed by atoms with Crippen LogP contribution in [0, 0.1) is 16.2 Å². The van der Waals surface area contributed by atoms with Gasteiger partial charge in [-0.2, -0.15) is 5.26 Å². The maximum absolute atomic E-state index is 11.3. The summed E-state index contributed by atoms with van der Waals surface area (Å²) in [5, 5.41) is 32.1. The molecule has 0 amide bonds. The van der Waals surface area contributed by atoms with E-state index < -0.39 is 5.60 Å². The number of hydrogen-bond donors (Lipinski definition) is 3. The van der Waals surface area contributed by atoms with Crippen molar-refractivity contribution >= 4 is 28.8 Å². The molecule has 0 aromatic heterocycles. The van der Waals surface area contributed by atoms with E-state index in [2.05, 4.69) is 17.8 Å². The number of rotatable bonds is 14. The van der Waals surface area contributed by atoms with Crippen LogP contribution in [0.5, 0.6) is 5.75 Å². The first-order chi connectivity index (χ1) is 20.4. The van der Waals surface area contributed by atoms with Gasteiger partial charge < -0.3 is 30.5 Å². The highest BCUT2D eigenvalue weighted by Crippen LogP contribution is 2.54. The van der Waals surface area contributed by atoms with Crippen molar-refractivity contribution in [3.8, 4) is 11.8 Å². The van der Waals surface area contributed by atoms with Crippen molar-refractivity contribution in [2.45, 2.75) is 18.9 Å². The van der Waals surface area contributed by atoms with Gasteiger partial charge in [0.05, 0.1) is 41.3 Å². The summed E-state index contributed by atoms with van der Waals surface area (Å²) in [5.74, 6) is 0.602. The van der Waals surface area contributed by atoms with Gasteiger partial charge in [0.25, 0.3) is 0 Å². The predicted octanol–water partition coefficient (Wildman–Crippen LogP) is 5.28. The molecule has 0 fully saturated rings. The van der Waals surface area contributed by atoms with Crippen molar-refractivity contribution in [3.63, 3.8) is 0 Å². The fraction of sp³-hybridized carbons (Fsp3) is 0.281. The number of nitrogens with zero attached hydrogens (tertiary/aromatic N) is 4. The van der Waals surface area contributed by atoms with Crippen LogP contribution in [0.25, 0.3) is 5.70 Å². The number of aliphatic hydroxyl groups excluding tert-OH is 2. The molecule has 0 saturated carbocycles. The molecule has 10 heteroatoms. The van der Waals surface area contributed by atoms with Crippen molar-refractivity contribution in [2.75, 3.05) is 44.3 Å². The molecule has 3 aromatic rings. The van der Waals surface area contributed by atoms with Crippen LogP contribution in [0.3, 0.4) is 0 Å². The lowest BCUT2D eigenvalue weighted by Gasteiger charge is -2.42. The van der Waals surface area contributed by atoms with Gasteiger partial charge in [-0.05, 0) is 48.5 Å². The number of benzene rings is 3. The Morgan fingerprint density at radius 1 is 1.02 bits per heavy atom. The Labute approximate surface area is 250 Å². The van der Waals surface area contributed by atoms with Gasteiger partial charge in [0.2, 0.25) is 0 Å². The molecule has 1 aliphatic heterocycles. The summed E-state index contributed by atoms with van der Waals surface area (Å²) in [6, 6.07) is 24.4. The summed E-state index contributed by atoms with van der Waals surface area (Å²) in [4.78, 5) is 15.9. The van der Waals surface area contributed by atoms with Gasteiger partial charge in [0, 0.05) is 48.6 Å². The molecule has 3 aromatic carbocycles. The van der Waals surface area contributed by atoms with Gasteiger partial charge in [0.1, 0.15) is 11.4 Å². The highest BCUT2D eigenvalue weighted by molar-refractivity contribution is 8.06. The fourth-order valence-electron chi connectivity index (χ4n) is 5.08. The van der Waals surface area contributed by atoms with E-state index >= 15 is 0 Å². The number of hydrogen-bond acceptors (Lipinski definition) is 10. The van der Waals surface area contributed by atoms with Crippen LogP contribution in [-0.2, 0) is 5.60 Å². The molecule has 0 saturated heterocycles. The zero-order valence-electron chi connectivity index (χ0n) is 23.6. The van der Waals surface area contributed by atoms with Gasteiger partial charge >= 0.3 is 0 Å². The number of nitrogens with two attached hydrogens (primary N) is 1. The minimum absolute atomic E-state index is 0.0510. The fourth-order valence-corrected chi connectivity index (χ4v) is 6.30. The molecule has 0 radical (unpaired) electrons. The molecule has 0 bridgehead atoms. The lowest BCUT2D eigenvalue weighted by Crippen LogP contribution is -2.40. The van der Waals surface area contributed by atoms with Gasteiger partial charge in [-0.3, -0.25) is 0 Å². The van der Waals surface area contributed by atoms with Crippen LogP contribution in [0.2, 0.25) is 0 Å². The van der Waals surface area contributed by atoms with E-state index in [1.165, 1.54) is 11.8 Å². The lowest BCUT2D eigenvalue weighted by atomic mass is 9.82. The molecule has 218 valence electrons. The zero-order chi connectivity index (χ0) is 30.1. The SMILES string of the molecule is C=C(SC1=C(N)c2ccccc2OC1(c1ccc(N=O)cc1)c1ccc(N(CCO)CCO)cc1)N(CC)CCC#N. The maximum Gasteiger partial charge on any atom is 0.192 e. The maximum atomic E-state index is 11.3. The molecule has 0 aliphatic carbocycles. The number of fused-ring (bicyclic) bond motifs is 1. The summed E-state index contributed by atoms with van der Waals surface area (Å²) in [5.41, 5.74) is 9.67. The normalized spacial score (nSPS) is 15.8. The van der Waals surface area contributed by atoms with E-state index in [4.69, 9.17) is 10.5 Å². The van der Waals surface area contributed by atoms with E-state index in [0.29, 0.717) is 49.0 Å². The van der Waals surface area contributed by atoms with Crippen molar-refractivity contribution < 1.29 is 14.9 Å². The number of thioether (sulfide) groups is 1. The van der Waals surface area contributed by atoms with Gasteiger partial charge in [-0.1, -0.05) is 54.7 Å². The zero-order valence-corrected chi connectivity index (χ0v) is 24.4. The molecule has 0 spiro atoms. The second kappa shape index (κ2) is 14.0. The third-order valence-electron chi connectivity index (χ3n) is 7.21.